The van der Waals surface area contributed by atoms with Gasteiger partial charge in [-0.25, -0.2) is 4.98 Å². The second-order valence-electron chi connectivity index (χ2n) is 6.32. The number of carbonyl (C=O) groups excluding carboxylic acids is 1. The molecule has 3 aromatic rings. The van der Waals surface area contributed by atoms with Gasteiger partial charge in [-0.05, 0) is 38.1 Å². The SMILES string of the molecule is CCn1c(SC[C@H](O)COc2cccc(C(C)=O)c2)nc2ccccc2c1=O. The molecule has 0 spiro atoms. The van der Waals surface area contributed by atoms with Crippen molar-refractivity contribution in [2.45, 2.75) is 31.7 Å². The molecule has 0 amide bonds. The predicted octanol–water partition coefficient (Wildman–Crippen LogP) is 3.15. The van der Waals surface area contributed by atoms with Crippen LogP contribution in [0.1, 0.15) is 24.2 Å². The van der Waals surface area contributed by atoms with Gasteiger partial charge in [0.25, 0.3) is 5.56 Å². The average Bonchev–Trinajstić information content (AvgIpc) is 2.71. The van der Waals surface area contributed by atoms with Crippen molar-refractivity contribution in [3.63, 3.8) is 0 Å². The van der Waals surface area contributed by atoms with Crippen molar-refractivity contribution in [3.05, 3.63) is 64.4 Å². The quantitative estimate of drug-likeness (QED) is 0.357. The lowest BCUT2D eigenvalue weighted by molar-refractivity contribution is 0.101. The number of Topliss-reactive ketones (excluding diaryl/α,β-unsaturated/α-hetero) is 1. The summed E-state index contributed by atoms with van der Waals surface area (Å²) in [6, 6.07) is 14.1. The van der Waals surface area contributed by atoms with Crippen molar-refractivity contribution < 1.29 is 14.6 Å². The molecular formula is C21H22N2O4S. The number of thioether (sulfide) groups is 1. The van der Waals surface area contributed by atoms with Gasteiger partial charge < -0.3 is 9.84 Å². The molecule has 146 valence electrons. The van der Waals surface area contributed by atoms with Gasteiger partial charge >= 0.3 is 0 Å². The molecule has 1 heterocycles. The molecule has 0 aliphatic carbocycles. The fourth-order valence-corrected chi connectivity index (χ4v) is 3.72. The summed E-state index contributed by atoms with van der Waals surface area (Å²) in [5.74, 6) is 0.824. The molecule has 1 N–H and O–H groups in total. The van der Waals surface area contributed by atoms with Crippen LogP contribution in [0.3, 0.4) is 0 Å². The van der Waals surface area contributed by atoms with Crippen molar-refractivity contribution in [2.24, 2.45) is 0 Å². The summed E-state index contributed by atoms with van der Waals surface area (Å²) in [5.41, 5.74) is 1.13. The highest BCUT2D eigenvalue weighted by Crippen LogP contribution is 2.19. The Bertz CT molecular complexity index is 1050. The largest absolute Gasteiger partial charge is 0.491 e. The van der Waals surface area contributed by atoms with Gasteiger partial charge in [-0.2, -0.15) is 0 Å². The van der Waals surface area contributed by atoms with Crippen molar-refractivity contribution in [1.29, 1.82) is 0 Å². The minimum atomic E-state index is -0.750. The van der Waals surface area contributed by atoms with Crippen LogP contribution in [0.15, 0.2) is 58.5 Å². The molecule has 7 heteroatoms. The molecule has 0 saturated carbocycles. The Kier molecular flexibility index (Phi) is 6.49. The predicted molar refractivity (Wildman–Crippen MR) is 110 cm³/mol. The number of nitrogens with zero attached hydrogens (tertiary/aromatic N) is 2. The van der Waals surface area contributed by atoms with Crippen LogP contribution in [-0.2, 0) is 6.54 Å². The molecular weight excluding hydrogens is 376 g/mol. The summed E-state index contributed by atoms with van der Waals surface area (Å²) >= 11 is 1.32. The lowest BCUT2D eigenvalue weighted by Gasteiger charge is -2.14. The van der Waals surface area contributed by atoms with E-state index < -0.39 is 6.10 Å². The fraction of sp³-hybridized carbons (Fsp3) is 0.286. The van der Waals surface area contributed by atoms with Gasteiger partial charge in [0.05, 0.1) is 17.0 Å². The number of aromatic nitrogens is 2. The maximum atomic E-state index is 12.6. The van der Waals surface area contributed by atoms with Crippen molar-refractivity contribution >= 4 is 28.4 Å². The Balaban J connectivity index is 1.66. The maximum absolute atomic E-state index is 12.6. The lowest BCUT2D eigenvalue weighted by atomic mass is 10.1. The zero-order valence-electron chi connectivity index (χ0n) is 15.8. The summed E-state index contributed by atoms with van der Waals surface area (Å²) in [4.78, 5) is 28.6. The molecule has 0 aliphatic heterocycles. The minimum Gasteiger partial charge on any atom is -0.491 e. The van der Waals surface area contributed by atoms with E-state index in [9.17, 15) is 14.7 Å². The Labute approximate surface area is 167 Å². The number of ketones is 1. The smallest absolute Gasteiger partial charge is 0.262 e. The van der Waals surface area contributed by atoms with Crippen LogP contribution in [0.4, 0.5) is 0 Å². The number of aliphatic hydroxyl groups is 1. The molecule has 0 saturated heterocycles. The number of benzene rings is 2. The van der Waals surface area contributed by atoms with Crippen LogP contribution in [0.25, 0.3) is 10.9 Å². The van der Waals surface area contributed by atoms with Crippen molar-refractivity contribution in [3.8, 4) is 5.75 Å². The fourth-order valence-electron chi connectivity index (χ4n) is 2.75. The summed E-state index contributed by atoms with van der Waals surface area (Å²) in [5, 5.41) is 11.4. The minimum absolute atomic E-state index is 0.0403. The van der Waals surface area contributed by atoms with Crippen molar-refractivity contribution in [1.82, 2.24) is 9.55 Å². The molecule has 1 aromatic heterocycles. The van der Waals surface area contributed by atoms with E-state index in [4.69, 9.17) is 4.74 Å². The molecule has 0 unspecified atom stereocenters. The number of hydrogen-bond acceptors (Lipinski definition) is 6. The third-order valence-corrected chi connectivity index (χ3v) is 5.35. The van der Waals surface area contributed by atoms with Crippen LogP contribution in [0, 0.1) is 0 Å². The van der Waals surface area contributed by atoms with Gasteiger partial charge in [0.1, 0.15) is 12.4 Å². The highest BCUT2D eigenvalue weighted by Gasteiger charge is 2.13. The number of aliphatic hydroxyl groups excluding tert-OH is 1. The van der Waals surface area contributed by atoms with Gasteiger partial charge in [0.2, 0.25) is 0 Å². The summed E-state index contributed by atoms with van der Waals surface area (Å²) in [7, 11) is 0. The number of para-hydroxylation sites is 1. The summed E-state index contributed by atoms with van der Waals surface area (Å²) in [6.45, 7) is 3.97. The van der Waals surface area contributed by atoms with E-state index in [0.29, 0.717) is 39.7 Å². The molecule has 0 fully saturated rings. The van der Waals surface area contributed by atoms with E-state index in [1.54, 1.807) is 34.9 Å². The number of fused-ring (bicyclic) bond motifs is 1. The second kappa shape index (κ2) is 9.03. The molecule has 3 rings (SSSR count). The van der Waals surface area contributed by atoms with Gasteiger partial charge in [-0.1, -0.05) is 36.0 Å². The van der Waals surface area contributed by atoms with Gasteiger partial charge in [0.15, 0.2) is 10.9 Å². The number of ether oxygens (including phenoxy) is 1. The summed E-state index contributed by atoms with van der Waals surface area (Å²) < 4.78 is 7.20. The number of carbonyl (C=O) groups is 1. The van der Waals surface area contributed by atoms with E-state index in [1.165, 1.54) is 18.7 Å². The van der Waals surface area contributed by atoms with E-state index in [2.05, 4.69) is 4.98 Å². The highest BCUT2D eigenvalue weighted by molar-refractivity contribution is 7.99. The molecule has 1 atom stereocenters. The lowest BCUT2D eigenvalue weighted by Crippen LogP contribution is -2.24. The zero-order valence-corrected chi connectivity index (χ0v) is 16.6. The van der Waals surface area contributed by atoms with Gasteiger partial charge in [0, 0.05) is 17.9 Å². The first-order valence-corrected chi connectivity index (χ1v) is 10.0. The third-order valence-electron chi connectivity index (χ3n) is 4.23. The first kappa shape index (κ1) is 20.1. The van der Waals surface area contributed by atoms with E-state index >= 15 is 0 Å². The number of hydrogen-bond donors (Lipinski definition) is 1. The normalized spacial score (nSPS) is 12.1. The summed E-state index contributed by atoms with van der Waals surface area (Å²) in [6.07, 6.45) is -0.750. The monoisotopic (exact) mass is 398 g/mol. The van der Waals surface area contributed by atoms with E-state index in [-0.39, 0.29) is 17.9 Å². The van der Waals surface area contributed by atoms with Crippen LogP contribution in [0.5, 0.6) is 5.75 Å². The molecule has 0 radical (unpaired) electrons. The first-order chi connectivity index (χ1) is 13.5. The first-order valence-electron chi connectivity index (χ1n) is 9.04. The van der Waals surface area contributed by atoms with Crippen LogP contribution in [-0.4, -0.2) is 38.9 Å². The number of rotatable bonds is 8. The Morgan fingerprint density at radius 2 is 2.04 bits per heavy atom. The molecule has 0 bridgehead atoms. The Hall–Kier alpha value is -2.64. The van der Waals surface area contributed by atoms with E-state index in [0.717, 1.165) is 0 Å². The average molecular weight is 398 g/mol. The zero-order chi connectivity index (χ0) is 20.1. The molecule has 6 nitrogen and oxygen atoms in total. The molecule has 2 aromatic carbocycles. The van der Waals surface area contributed by atoms with Gasteiger partial charge in [-0.15, -0.1) is 0 Å². The standard InChI is InChI=1S/C21H22N2O4S/c1-3-23-20(26)18-9-4-5-10-19(18)22-21(23)28-13-16(25)12-27-17-8-6-7-15(11-17)14(2)24/h4-11,16,25H,3,12-13H2,1-2H3/t16-/m1/s1. The third kappa shape index (κ3) is 4.61. The molecule has 0 aliphatic rings. The maximum Gasteiger partial charge on any atom is 0.262 e. The van der Waals surface area contributed by atoms with Crippen LogP contribution < -0.4 is 10.3 Å². The Morgan fingerprint density at radius 3 is 2.79 bits per heavy atom. The highest BCUT2D eigenvalue weighted by atomic mass is 32.2. The van der Waals surface area contributed by atoms with Crippen molar-refractivity contribution in [2.75, 3.05) is 12.4 Å². The Morgan fingerprint density at radius 1 is 1.25 bits per heavy atom. The van der Waals surface area contributed by atoms with E-state index in [1.807, 2.05) is 25.1 Å². The topological polar surface area (TPSA) is 81.4 Å². The van der Waals surface area contributed by atoms with Gasteiger partial charge in [-0.3, -0.25) is 14.2 Å². The molecule has 28 heavy (non-hydrogen) atoms. The second-order valence-corrected chi connectivity index (χ2v) is 7.31. The van der Waals surface area contributed by atoms with Crippen LogP contribution >= 0.6 is 11.8 Å². The van der Waals surface area contributed by atoms with Crippen LogP contribution in [0.2, 0.25) is 0 Å².